The van der Waals surface area contributed by atoms with Crippen LogP contribution in [0.2, 0.25) is 0 Å². The summed E-state index contributed by atoms with van der Waals surface area (Å²) in [5.74, 6) is -2.61. The van der Waals surface area contributed by atoms with Gasteiger partial charge in [0.05, 0.1) is 0 Å². The molecule has 0 aliphatic carbocycles. The van der Waals surface area contributed by atoms with E-state index in [0.29, 0.717) is 0 Å². The summed E-state index contributed by atoms with van der Waals surface area (Å²) in [5, 5.41) is 19.6. The topological polar surface area (TPSA) is 89.0 Å². The number of benzene rings is 2. The van der Waals surface area contributed by atoms with Gasteiger partial charge in [-0.05, 0) is 35.4 Å². The predicted octanol–water partition coefficient (Wildman–Crippen LogP) is 1.46. The molecule has 0 saturated heterocycles. The average molecular weight is 282 g/mol. The first-order valence-electron chi connectivity index (χ1n) is 5.42. The van der Waals surface area contributed by atoms with E-state index in [0.717, 1.165) is 24.3 Å². The first kappa shape index (κ1) is 15.7. The monoisotopic (exact) mass is 282 g/mol. The molecular weight excluding hydrogens is 270 g/mol. The van der Waals surface area contributed by atoms with Gasteiger partial charge in [0.15, 0.2) is 0 Å². The Bertz CT molecular complexity index is 548. The minimum Gasteiger partial charge on any atom is -0.479 e. The number of aliphatic hydroxyl groups is 1. The molecule has 0 saturated carbocycles. The molecule has 2 aromatic carbocycles. The fraction of sp³-hybridized carbons (Fsp3) is 0.0714. The molecule has 4 N–H and O–H groups in total. The number of rotatable bonds is 3. The van der Waals surface area contributed by atoms with Crippen LogP contribution in [0.4, 0.5) is 8.78 Å². The molecule has 0 fully saturated rings. The summed E-state index contributed by atoms with van der Waals surface area (Å²) < 4.78 is 25.7. The average Bonchev–Trinajstić information content (AvgIpc) is 2.39. The lowest BCUT2D eigenvalue weighted by Crippen LogP contribution is -2.36. The second kappa shape index (κ2) is 5.77. The van der Waals surface area contributed by atoms with Crippen LogP contribution < -0.4 is 0 Å². The van der Waals surface area contributed by atoms with Crippen LogP contribution in [0, 0.1) is 11.6 Å². The summed E-state index contributed by atoms with van der Waals surface area (Å²) in [7, 11) is 0. The molecular formula is C14H12F2O4. The Labute approximate surface area is 113 Å². The van der Waals surface area contributed by atoms with Crippen molar-refractivity contribution in [2.24, 2.45) is 0 Å². The van der Waals surface area contributed by atoms with Gasteiger partial charge in [-0.15, -0.1) is 0 Å². The second-order valence-electron chi connectivity index (χ2n) is 4.03. The Hall–Kier alpha value is -2.31. The maximum absolute atomic E-state index is 12.9. The summed E-state index contributed by atoms with van der Waals surface area (Å²) in [6.07, 6.45) is 0. The van der Waals surface area contributed by atoms with Gasteiger partial charge < -0.3 is 15.7 Å². The van der Waals surface area contributed by atoms with Crippen molar-refractivity contribution in [3.63, 3.8) is 0 Å². The van der Waals surface area contributed by atoms with E-state index < -0.39 is 23.2 Å². The van der Waals surface area contributed by atoms with Crippen LogP contribution in [0.1, 0.15) is 11.1 Å². The van der Waals surface area contributed by atoms with Crippen molar-refractivity contribution in [3.05, 3.63) is 71.3 Å². The second-order valence-corrected chi connectivity index (χ2v) is 4.03. The summed E-state index contributed by atoms with van der Waals surface area (Å²) in [6.45, 7) is 0. The van der Waals surface area contributed by atoms with E-state index in [1.807, 2.05) is 0 Å². The molecule has 0 unspecified atom stereocenters. The third kappa shape index (κ3) is 2.66. The fourth-order valence-electron chi connectivity index (χ4n) is 1.80. The van der Waals surface area contributed by atoms with Gasteiger partial charge in [0.1, 0.15) is 11.6 Å². The minimum atomic E-state index is -2.35. The molecule has 0 aliphatic heterocycles. The maximum Gasteiger partial charge on any atom is 0.345 e. The number of aliphatic carboxylic acids is 1. The van der Waals surface area contributed by atoms with Crippen LogP contribution in [0.15, 0.2) is 48.5 Å². The molecule has 0 aliphatic rings. The zero-order valence-electron chi connectivity index (χ0n) is 10.2. The van der Waals surface area contributed by atoms with E-state index in [1.54, 1.807) is 0 Å². The standard InChI is InChI=1S/C14H10F2O3.H2O/c15-11-5-1-9(2-6-11)14(19,13(17)18)10-3-7-12(16)8-4-10;/h1-8,19H,(H,17,18);1H2. The van der Waals surface area contributed by atoms with E-state index in [2.05, 4.69) is 0 Å². The first-order valence-corrected chi connectivity index (χ1v) is 5.42. The number of hydrogen-bond donors (Lipinski definition) is 2. The zero-order chi connectivity index (χ0) is 14.0. The lowest BCUT2D eigenvalue weighted by Gasteiger charge is -2.24. The van der Waals surface area contributed by atoms with Gasteiger partial charge in [0.25, 0.3) is 0 Å². The van der Waals surface area contributed by atoms with Crippen LogP contribution in [0.25, 0.3) is 0 Å². The molecule has 20 heavy (non-hydrogen) atoms. The Balaban J connectivity index is 0.00000200. The largest absolute Gasteiger partial charge is 0.479 e. The Kier molecular flexibility index (Phi) is 4.54. The summed E-state index contributed by atoms with van der Waals surface area (Å²) >= 11 is 0. The smallest absolute Gasteiger partial charge is 0.345 e. The normalized spacial score (nSPS) is 10.8. The summed E-state index contributed by atoms with van der Waals surface area (Å²) in [6, 6.07) is 8.89. The van der Waals surface area contributed by atoms with E-state index in [1.165, 1.54) is 24.3 Å². The molecule has 0 aromatic heterocycles. The van der Waals surface area contributed by atoms with Crippen LogP contribution in [-0.2, 0) is 10.4 Å². The van der Waals surface area contributed by atoms with Crippen molar-refractivity contribution in [1.29, 1.82) is 0 Å². The Morgan fingerprint density at radius 1 is 0.850 bits per heavy atom. The Morgan fingerprint density at radius 3 is 1.40 bits per heavy atom. The van der Waals surface area contributed by atoms with Crippen molar-refractivity contribution in [2.75, 3.05) is 0 Å². The van der Waals surface area contributed by atoms with Gasteiger partial charge in [-0.3, -0.25) is 0 Å². The van der Waals surface area contributed by atoms with Gasteiger partial charge in [-0.1, -0.05) is 24.3 Å². The highest BCUT2D eigenvalue weighted by atomic mass is 19.1. The minimum absolute atomic E-state index is 0. The van der Waals surface area contributed by atoms with Crippen molar-refractivity contribution < 1.29 is 29.3 Å². The van der Waals surface area contributed by atoms with Gasteiger partial charge in [0, 0.05) is 0 Å². The van der Waals surface area contributed by atoms with Crippen molar-refractivity contribution in [1.82, 2.24) is 0 Å². The third-order valence-electron chi connectivity index (χ3n) is 2.83. The molecule has 0 amide bonds. The van der Waals surface area contributed by atoms with E-state index in [9.17, 15) is 23.8 Å². The molecule has 0 spiro atoms. The molecule has 2 rings (SSSR count). The molecule has 0 bridgehead atoms. The van der Waals surface area contributed by atoms with Gasteiger partial charge in [-0.25, -0.2) is 13.6 Å². The van der Waals surface area contributed by atoms with Gasteiger partial charge in [-0.2, -0.15) is 0 Å². The van der Waals surface area contributed by atoms with E-state index in [-0.39, 0.29) is 16.6 Å². The van der Waals surface area contributed by atoms with Crippen LogP contribution in [0.3, 0.4) is 0 Å². The number of carboxylic acid groups (broad SMARTS) is 1. The lowest BCUT2D eigenvalue weighted by atomic mass is 9.86. The molecule has 0 atom stereocenters. The summed E-state index contributed by atoms with van der Waals surface area (Å²) in [5.41, 5.74) is -2.36. The molecule has 0 radical (unpaired) electrons. The number of carboxylic acids is 1. The number of halogens is 2. The highest BCUT2D eigenvalue weighted by Gasteiger charge is 2.40. The van der Waals surface area contributed by atoms with Gasteiger partial charge in [0.2, 0.25) is 5.60 Å². The number of hydrogen-bond acceptors (Lipinski definition) is 2. The molecule has 106 valence electrons. The molecule has 6 heteroatoms. The first-order chi connectivity index (χ1) is 8.94. The number of carbonyl (C=O) groups is 1. The van der Waals surface area contributed by atoms with Crippen molar-refractivity contribution in [2.45, 2.75) is 5.60 Å². The SMILES string of the molecule is O.O=C(O)C(O)(c1ccc(F)cc1)c1ccc(F)cc1. The van der Waals surface area contributed by atoms with Crippen LogP contribution in [-0.4, -0.2) is 21.7 Å². The van der Waals surface area contributed by atoms with Crippen LogP contribution >= 0.6 is 0 Å². The summed E-state index contributed by atoms with van der Waals surface area (Å²) in [4.78, 5) is 11.4. The predicted molar refractivity (Wildman–Crippen MR) is 67.0 cm³/mol. The Morgan fingerprint density at radius 2 is 1.15 bits per heavy atom. The van der Waals surface area contributed by atoms with E-state index in [4.69, 9.17) is 0 Å². The zero-order valence-corrected chi connectivity index (χ0v) is 10.2. The third-order valence-corrected chi connectivity index (χ3v) is 2.83. The van der Waals surface area contributed by atoms with Crippen LogP contribution in [0.5, 0.6) is 0 Å². The maximum atomic E-state index is 12.9. The highest BCUT2D eigenvalue weighted by molar-refractivity contribution is 5.83. The highest BCUT2D eigenvalue weighted by Crippen LogP contribution is 2.30. The van der Waals surface area contributed by atoms with E-state index >= 15 is 0 Å². The quantitative estimate of drug-likeness (QED) is 0.893. The lowest BCUT2D eigenvalue weighted by molar-refractivity contribution is -0.155. The fourth-order valence-corrected chi connectivity index (χ4v) is 1.80. The molecule has 2 aromatic rings. The van der Waals surface area contributed by atoms with Crippen molar-refractivity contribution >= 4 is 5.97 Å². The molecule has 4 nitrogen and oxygen atoms in total. The molecule has 0 heterocycles. The van der Waals surface area contributed by atoms with Gasteiger partial charge >= 0.3 is 5.97 Å². The van der Waals surface area contributed by atoms with Crippen molar-refractivity contribution in [3.8, 4) is 0 Å².